The van der Waals surface area contributed by atoms with E-state index in [1.807, 2.05) is 38.3 Å². The zero-order chi connectivity index (χ0) is 18.4. The number of aryl methyl sites for hydroxylation is 2. The second-order valence-electron chi connectivity index (χ2n) is 6.71. The highest BCUT2D eigenvalue weighted by Crippen LogP contribution is 2.17. The summed E-state index contributed by atoms with van der Waals surface area (Å²) in [6.07, 6.45) is 3.68. The minimum Gasteiger partial charge on any atom is -0.352 e. The van der Waals surface area contributed by atoms with Crippen molar-refractivity contribution in [1.82, 2.24) is 20.1 Å². The monoisotopic (exact) mass is 360 g/mol. The van der Waals surface area contributed by atoms with Gasteiger partial charge in [-0.2, -0.15) is 0 Å². The maximum absolute atomic E-state index is 12.3. The number of benzene rings is 1. The van der Waals surface area contributed by atoms with Crippen LogP contribution in [0.2, 0.25) is 0 Å². The Hall–Kier alpha value is -1.82. The van der Waals surface area contributed by atoms with Crippen molar-refractivity contribution in [2.45, 2.75) is 52.2 Å². The number of rotatable bonds is 8. The summed E-state index contributed by atoms with van der Waals surface area (Å²) < 4.78 is 2.20. The topological polar surface area (TPSA) is 59.8 Å². The number of hydrogen-bond donors (Lipinski definition) is 1. The molecule has 0 aliphatic carbocycles. The molecule has 6 heteroatoms. The highest BCUT2D eigenvalue weighted by molar-refractivity contribution is 7.98. The van der Waals surface area contributed by atoms with Crippen LogP contribution in [0.1, 0.15) is 47.6 Å². The average molecular weight is 361 g/mol. The predicted molar refractivity (Wildman–Crippen MR) is 103 cm³/mol. The molecule has 1 aromatic heterocycles. The van der Waals surface area contributed by atoms with Crippen LogP contribution in [-0.4, -0.2) is 33.5 Å². The Balaban J connectivity index is 1.90. The molecule has 5 nitrogen and oxygen atoms in total. The molecule has 1 aromatic carbocycles. The van der Waals surface area contributed by atoms with Gasteiger partial charge in [-0.25, -0.2) is 0 Å². The van der Waals surface area contributed by atoms with Crippen molar-refractivity contribution in [3.63, 3.8) is 0 Å². The predicted octanol–water partition coefficient (Wildman–Crippen LogP) is 3.64. The first-order chi connectivity index (χ1) is 11.9. The number of aromatic nitrogens is 3. The van der Waals surface area contributed by atoms with Crippen LogP contribution in [0.5, 0.6) is 0 Å². The molecule has 0 unspecified atom stereocenters. The van der Waals surface area contributed by atoms with Gasteiger partial charge in [0.05, 0.1) is 0 Å². The van der Waals surface area contributed by atoms with Gasteiger partial charge in [0.15, 0.2) is 5.16 Å². The Morgan fingerprint density at radius 2 is 2.04 bits per heavy atom. The van der Waals surface area contributed by atoms with Crippen LogP contribution >= 0.6 is 11.8 Å². The summed E-state index contributed by atoms with van der Waals surface area (Å²) in [7, 11) is 0. The second-order valence-corrected chi connectivity index (χ2v) is 7.49. The van der Waals surface area contributed by atoms with Crippen molar-refractivity contribution in [3.05, 3.63) is 40.7 Å². The van der Waals surface area contributed by atoms with E-state index in [-0.39, 0.29) is 5.91 Å². The first-order valence-electron chi connectivity index (χ1n) is 8.74. The number of hydrogen-bond acceptors (Lipinski definition) is 4. The van der Waals surface area contributed by atoms with Crippen molar-refractivity contribution in [2.75, 3.05) is 12.8 Å². The van der Waals surface area contributed by atoms with Crippen LogP contribution in [0.3, 0.4) is 0 Å². The van der Waals surface area contributed by atoms with Gasteiger partial charge in [-0.1, -0.05) is 37.7 Å². The molecule has 0 aliphatic heterocycles. The summed E-state index contributed by atoms with van der Waals surface area (Å²) >= 11 is 1.62. The summed E-state index contributed by atoms with van der Waals surface area (Å²) in [5, 5.41) is 12.6. The number of amides is 1. The van der Waals surface area contributed by atoms with E-state index in [9.17, 15) is 4.79 Å². The van der Waals surface area contributed by atoms with Gasteiger partial charge >= 0.3 is 0 Å². The third-order valence-electron chi connectivity index (χ3n) is 4.24. The molecule has 0 aliphatic rings. The zero-order valence-electron chi connectivity index (χ0n) is 15.8. The fourth-order valence-corrected chi connectivity index (χ4v) is 3.27. The van der Waals surface area contributed by atoms with Crippen LogP contribution in [0.15, 0.2) is 23.4 Å². The van der Waals surface area contributed by atoms with Gasteiger partial charge in [0.25, 0.3) is 5.91 Å². The average Bonchev–Trinajstić information content (AvgIpc) is 2.95. The van der Waals surface area contributed by atoms with E-state index in [1.165, 1.54) is 0 Å². The van der Waals surface area contributed by atoms with E-state index in [0.29, 0.717) is 12.5 Å². The molecule has 2 aromatic rings. The van der Waals surface area contributed by atoms with Crippen molar-refractivity contribution in [3.8, 4) is 0 Å². The zero-order valence-corrected chi connectivity index (χ0v) is 16.6. The Morgan fingerprint density at radius 1 is 1.28 bits per heavy atom. The molecule has 2 rings (SSSR count). The normalized spacial score (nSPS) is 11.1. The Bertz CT molecular complexity index is 724. The van der Waals surface area contributed by atoms with E-state index < -0.39 is 0 Å². The molecule has 0 bridgehead atoms. The van der Waals surface area contributed by atoms with E-state index in [2.05, 4.69) is 33.9 Å². The molecule has 25 heavy (non-hydrogen) atoms. The van der Waals surface area contributed by atoms with Crippen molar-refractivity contribution in [2.24, 2.45) is 5.92 Å². The van der Waals surface area contributed by atoms with Crippen molar-refractivity contribution in [1.29, 1.82) is 0 Å². The van der Waals surface area contributed by atoms with Crippen LogP contribution in [-0.2, 0) is 13.0 Å². The molecule has 1 amide bonds. The van der Waals surface area contributed by atoms with Gasteiger partial charge < -0.3 is 9.88 Å². The van der Waals surface area contributed by atoms with Crippen LogP contribution < -0.4 is 5.32 Å². The van der Waals surface area contributed by atoms with Gasteiger partial charge in [0, 0.05) is 25.1 Å². The first-order valence-corrected chi connectivity index (χ1v) is 9.97. The van der Waals surface area contributed by atoms with Gasteiger partial charge in [-0.15, -0.1) is 10.2 Å². The molecule has 1 N–H and O–H groups in total. The van der Waals surface area contributed by atoms with Crippen LogP contribution in [0.4, 0.5) is 0 Å². The van der Waals surface area contributed by atoms with Crippen LogP contribution in [0.25, 0.3) is 0 Å². The maximum atomic E-state index is 12.3. The molecule has 0 saturated heterocycles. The summed E-state index contributed by atoms with van der Waals surface area (Å²) in [6.45, 7) is 9.96. The highest BCUT2D eigenvalue weighted by atomic mass is 32.2. The van der Waals surface area contributed by atoms with Gasteiger partial charge in [0.1, 0.15) is 5.82 Å². The third-order valence-corrected chi connectivity index (χ3v) is 4.90. The first kappa shape index (κ1) is 19.5. The summed E-state index contributed by atoms with van der Waals surface area (Å²) in [5.41, 5.74) is 2.94. The maximum Gasteiger partial charge on any atom is 0.251 e. The van der Waals surface area contributed by atoms with Crippen LogP contribution in [0, 0.1) is 19.8 Å². The minimum atomic E-state index is -0.00495. The largest absolute Gasteiger partial charge is 0.352 e. The minimum absolute atomic E-state index is 0.00495. The van der Waals surface area contributed by atoms with Gasteiger partial charge in [-0.05, 0) is 49.6 Å². The molecule has 136 valence electrons. The number of nitrogens with zero attached hydrogens (tertiary/aromatic N) is 3. The van der Waals surface area contributed by atoms with E-state index in [0.717, 1.165) is 47.1 Å². The van der Waals surface area contributed by atoms with Crippen molar-refractivity contribution < 1.29 is 4.79 Å². The SMILES string of the molecule is CSc1nnc(CCCNC(=O)c2cccc(C)c2C)n1CC(C)C. The summed E-state index contributed by atoms with van der Waals surface area (Å²) in [5.74, 6) is 1.54. The lowest BCUT2D eigenvalue weighted by Crippen LogP contribution is -2.26. The van der Waals surface area contributed by atoms with Gasteiger partial charge in [0.2, 0.25) is 0 Å². The molecule has 0 spiro atoms. The van der Waals surface area contributed by atoms with E-state index >= 15 is 0 Å². The Kier molecular flexibility index (Phi) is 7.05. The molecule has 0 saturated carbocycles. The lowest BCUT2D eigenvalue weighted by atomic mass is 10.0. The molecule has 0 fully saturated rings. The standard InChI is InChI=1S/C19H28N4OS/c1-13(2)12-23-17(21-22-19(23)25-5)10-7-11-20-18(24)16-9-6-8-14(3)15(16)4/h6,8-9,13H,7,10-12H2,1-5H3,(H,20,24). The lowest BCUT2D eigenvalue weighted by molar-refractivity contribution is 0.0952. The van der Waals surface area contributed by atoms with E-state index in [1.54, 1.807) is 11.8 Å². The fourth-order valence-electron chi connectivity index (χ4n) is 2.74. The number of carbonyl (C=O) groups is 1. The molecular formula is C19H28N4OS. The summed E-state index contributed by atoms with van der Waals surface area (Å²) in [4.78, 5) is 12.3. The Morgan fingerprint density at radius 3 is 2.72 bits per heavy atom. The molecule has 0 radical (unpaired) electrons. The number of carbonyl (C=O) groups excluding carboxylic acids is 1. The Labute approximate surface area is 154 Å². The number of thioether (sulfide) groups is 1. The van der Waals surface area contributed by atoms with E-state index in [4.69, 9.17) is 0 Å². The van der Waals surface area contributed by atoms with Crippen molar-refractivity contribution >= 4 is 17.7 Å². The smallest absolute Gasteiger partial charge is 0.251 e. The molecule has 1 heterocycles. The fraction of sp³-hybridized carbons (Fsp3) is 0.526. The molecular weight excluding hydrogens is 332 g/mol. The highest BCUT2D eigenvalue weighted by Gasteiger charge is 2.13. The molecule has 0 atom stereocenters. The van der Waals surface area contributed by atoms with Gasteiger partial charge in [-0.3, -0.25) is 4.79 Å². The summed E-state index contributed by atoms with van der Waals surface area (Å²) in [6, 6.07) is 5.83. The lowest BCUT2D eigenvalue weighted by Gasteiger charge is -2.12. The quantitative estimate of drug-likeness (QED) is 0.577. The second kappa shape index (κ2) is 9.04. The number of nitrogens with one attached hydrogen (secondary N) is 1. The third kappa shape index (κ3) is 5.08.